The van der Waals surface area contributed by atoms with E-state index in [-0.39, 0.29) is 5.82 Å². The number of alkyl halides is 1. The maximum atomic E-state index is 13.2. The number of nitrogens with zero attached hydrogens (tertiary/aromatic N) is 1. The normalized spacial score (nSPS) is 10.4. The predicted molar refractivity (Wildman–Crippen MR) is 81.2 cm³/mol. The van der Waals surface area contributed by atoms with Crippen molar-refractivity contribution in [3.05, 3.63) is 58.3 Å². The first-order valence-electron chi connectivity index (χ1n) is 5.45. The zero-order valence-corrected chi connectivity index (χ0v) is 13.0. The van der Waals surface area contributed by atoms with Gasteiger partial charge >= 0.3 is 0 Å². The van der Waals surface area contributed by atoms with Crippen LogP contribution in [0.1, 0.15) is 5.56 Å². The molecule has 2 aromatic carbocycles. The predicted octanol–water partition coefficient (Wildman–Crippen LogP) is 5.25. The van der Waals surface area contributed by atoms with Crippen molar-refractivity contribution in [3.8, 4) is 0 Å². The Morgan fingerprint density at radius 3 is 2.61 bits per heavy atom. The smallest absolute Gasteiger partial charge is 0.125 e. The lowest BCUT2D eigenvalue weighted by Crippen LogP contribution is -2.11. The van der Waals surface area contributed by atoms with E-state index in [2.05, 4.69) is 37.9 Å². The van der Waals surface area contributed by atoms with Crippen LogP contribution in [0.4, 0.5) is 15.8 Å². The third kappa shape index (κ3) is 2.93. The Morgan fingerprint density at radius 1 is 1.17 bits per heavy atom. The summed E-state index contributed by atoms with van der Waals surface area (Å²) in [6.07, 6.45) is 0. The van der Waals surface area contributed by atoms with E-state index in [1.807, 2.05) is 30.1 Å². The lowest BCUT2D eigenvalue weighted by molar-refractivity contribution is 0.628. The molecule has 0 saturated carbocycles. The van der Waals surface area contributed by atoms with Gasteiger partial charge in [-0.3, -0.25) is 0 Å². The van der Waals surface area contributed by atoms with Gasteiger partial charge in [0.15, 0.2) is 0 Å². The molecule has 18 heavy (non-hydrogen) atoms. The third-order valence-corrected chi connectivity index (χ3v) is 3.84. The summed E-state index contributed by atoms with van der Waals surface area (Å²) in [5, 5.41) is 0.751. The number of hydrogen-bond donors (Lipinski definition) is 0. The van der Waals surface area contributed by atoms with Crippen LogP contribution >= 0.6 is 31.9 Å². The van der Waals surface area contributed by atoms with Crippen LogP contribution in [0.15, 0.2) is 46.9 Å². The van der Waals surface area contributed by atoms with Crippen molar-refractivity contribution < 1.29 is 4.39 Å². The molecule has 0 amide bonds. The molecule has 4 heteroatoms. The monoisotopic (exact) mass is 371 g/mol. The molecule has 0 aliphatic carbocycles. The molecule has 0 aliphatic heterocycles. The fourth-order valence-corrected chi connectivity index (χ4v) is 2.67. The second kappa shape index (κ2) is 5.85. The van der Waals surface area contributed by atoms with Crippen LogP contribution < -0.4 is 4.90 Å². The van der Waals surface area contributed by atoms with Crippen molar-refractivity contribution >= 4 is 43.2 Å². The van der Waals surface area contributed by atoms with E-state index in [9.17, 15) is 4.39 Å². The molecule has 0 spiro atoms. The Bertz CT molecular complexity index is 557. The highest BCUT2D eigenvalue weighted by molar-refractivity contribution is 9.10. The molecule has 0 fully saturated rings. The Hall–Kier alpha value is -0.870. The molecule has 0 radical (unpaired) electrons. The summed E-state index contributed by atoms with van der Waals surface area (Å²) in [4.78, 5) is 1.98. The lowest BCUT2D eigenvalue weighted by Gasteiger charge is -2.22. The zero-order chi connectivity index (χ0) is 13.1. The van der Waals surface area contributed by atoms with Crippen LogP contribution in [0, 0.1) is 5.82 Å². The SMILES string of the molecule is CN(c1cccc(F)c1)c1ccc(Br)cc1CBr. The molecular formula is C14H12Br2FN. The van der Waals surface area contributed by atoms with E-state index in [1.54, 1.807) is 6.07 Å². The molecule has 0 saturated heterocycles. The molecule has 2 rings (SSSR count). The van der Waals surface area contributed by atoms with E-state index in [0.717, 1.165) is 26.7 Å². The summed E-state index contributed by atoms with van der Waals surface area (Å²) in [5.41, 5.74) is 3.04. The van der Waals surface area contributed by atoms with Gasteiger partial charge in [0.25, 0.3) is 0 Å². The first-order chi connectivity index (χ1) is 8.61. The molecule has 0 heterocycles. The third-order valence-electron chi connectivity index (χ3n) is 2.74. The molecule has 0 N–H and O–H groups in total. The summed E-state index contributed by atoms with van der Waals surface area (Å²) in [6, 6.07) is 12.6. The van der Waals surface area contributed by atoms with Crippen molar-refractivity contribution in [2.75, 3.05) is 11.9 Å². The minimum atomic E-state index is -0.225. The van der Waals surface area contributed by atoms with Crippen LogP contribution in [0.5, 0.6) is 0 Å². The van der Waals surface area contributed by atoms with Gasteiger partial charge in [-0.25, -0.2) is 4.39 Å². The first kappa shape index (κ1) is 13.6. The summed E-state index contributed by atoms with van der Waals surface area (Å²) >= 11 is 6.93. The van der Waals surface area contributed by atoms with Crippen LogP contribution in [-0.2, 0) is 5.33 Å². The maximum Gasteiger partial charge on any atom is 0.125 e. The molecule has 0 aliphatic rings. The standard InChI is InChI=1S/C14H12Br2FN/c1-18(13-4-2-3-12(17)8-13)14-6-5-11(16)7-10(14)9-15/h2-8H,9H2,1H3. The highest BCUT2D eigenvalue weighted by Gasteiger charge is 2.09. The van der Waals surface area contributed by atoms with Crippen LogP contribution in [-0.4, -0.2) is 7.05 Å². The Labute approximate surface area is 123 Å². The topological polar surface area (TPSA) is 3.24 Å². The minimum Gasteiger partial charge on any atom is -0.344 e. The van der Waals surface area contributed by atoms with E-state index in [1.165, 1.54) is 12.1 Å². The van der Waals surface area contributed by atoms with E-state index >= 15 is 0 Å². The van der Waals surface area contributed by atoms with Crippen molar-refractivity contribution in [2.24, 2.45) is 0 Å². The van der Waals surface area contributed by atoms with E-state index < -0.39 is 0 Å². The summed E-state index contributed by atoms with van der Waals surface area (Å²) in [6.45, 7) is 0. The van der Waals surface area contributed by atoms with Gasteiger partial charge in [0.05, 0.1) is 0 Å². The molecule has 1 nitrogen and oxygen atoms in total. The fraction of sp³-hybridized carbons (Fsp3) is 0.143. The van der Waals surface area contributed by atoms with Gasteiger partial charge < -0.3 is 4.90 Å². The largest absolute Gasteiger partial charge is 0.344 e. The maximum absolute atomic E-state index is 13.2. The molecule has 0 unspecified atom stereocenters. The zero-order valence-electron chi connectivity index (χ0n) is 9.83. The van der Waals surface area contributed by atoms with E-state index in [0.29, 0.717) is 0 Å². The van der Waals surface area contributed by atoms with Gasteiger partial charge in [-0.1, -0.05) is 37.9 Å². The van der Waals surface area contributed by atoms with Crippen molar-refractivity contribution in [3.63, 3.8) is 0 Å². The Balaban J connectivity index is 2.42. The van der Waals surface area contributed by atoms with Crippen molar-refractivity contribution in [1.82, 2.24) is 0 Å². The second-order valence-corrected chi connectivity index (χ2v) is 5.42. The van der Waals surface area contributed by atoms with Gasteiger partial charge in [0.1, 0.15) is 5.82 Å². The number of halogens is 3. The van der Waals surface area contributed by atoms with Crippen molar-refractivity contribution in [1.29, 1.82) is 0 Å². The first-order valence-corrected chi connectivity index (χ1v) is 7.37. The molecule has 0 aromatic heterocycles. The van der Waals surface area contributed by atoms with Gasteiger partial charge in [-0.15, -0.1) is 0 Å². The summed E-state index contributed by atoms with van der Waals surface area (Å²) in [7, 11) is 1.93. The molecular weight excluding hydrogens is 361 g/mol. The second-order valence-electron chi connectivity index (χ2n) is 3.95. The van der Waals surface area contributed by atoms with Crippen molar-refractivity contribution in [2.45, 2.75) is 5.33 Å². The Kier molecular flexibility index (Phi) is 4.40. The minimum absolute atomic E-state index is 0.225. The average molecular weight is 373 g/mol. The molecule has 94 valence electrons. The van der Waals surface area contributed by atoms with E-state index in [4.69, 9.17) is 0 Å². The van der Waals surface area contributed by atoms with Gasteiger partial charge in [-0.05, 0) is 42.0 Å². The summed E-state index contributed by atoms with van der Waals surface area (Å²) < 4.78 is 14.3. The quantitative estimate of drug-likeness (QED) is 0.665. The van der Waals surface area contributed by atoms with Gasteiger partial charge in [0, 0.05) is 28.2 Å². The average Bonchev–Trinajstić information content (AvgIpc) is 2.37. The fourth-order valence-electron chi connectivity index (χ4n) is 1.81. The molecule has 2 aromatic rings. The Morgan fingerprint density at radius 2 is 1.94 bits per heavy atom. The number of hydrogen-bond acceptors (Lipinski definition) is 1. The lowest BCUT2D eigenvalue weighted by atomic mass is 10.1. The molecule has 0 atom stereocenters. The number of anilines is 2. The van der Waals surface area contributed by atoms with Crippen LogP contribution in [0.2, 0.25) is 0 Å². The van der Waals surface area contributed by atoms with Gasteiger partial charge in [0.2, 0.25) is 0 Å². The molecule has 0 bridgehead atoms. The summed E-state index contributed by atoms with van der Waals surface area (Å²) in [5.74, 6) is -0.225. The number of benzene rings is 2. The number of rotatable bonds is 3. The highest BCUT2D eigenvalue weighted by Crippen LogP contribution is 2.30. The van der Waals surface area contributed by atoms with Crippen LogP contribution in [0.25, 0.3) is 0 Å². The van der Waals surface area contributed by atoms with Gasteiger partial charge in [-0.2, -0.15) is 0 Å². The highest BCUT2D eigenvalue weighted by atomic mass is 79.9. The van der Waals surface area contributed by atoms with Crippen LogP contribution in [0.3, 0.4) is 0 Å².